The van der Waals surface area contributed by atoms with Crippen molar-refractivity contribution < 1.29 is 9.47 Å². The zero-order valence-corrected chi connectivity index (χ0v) is 22.3. The van der Waals surface area contributed by atoms with E-state index < -0.39 is 5.41 Å². The molecule has 0 fully saturated rings. The second-order valence-electron chi connectivity index (χ2n) is 10.5. The van der Waals surface area contributed by atoms with E-state index in [2.05, 4.69) is 127 Å². The molecule has 0 saturated carbocycles. The first-order chi connectivity index (χ1) is 20.3. The Kier molecular flexibility index (Phi) is 5.39. The molecule has 0 atom stereocenters. The van der Waals surface area contributed by atoms with Crippen LogP contribution in [0.2, 0.25) is 0 Å². The van der Waals surface area contributed by atoms with Crippen LogP contribution >= 0.6 is 0 Å². The Morgan fingerprint density at radius 1 is 0.439 bits per heavy atom. The number of benzene rings is 6. The van der Waals surface area contributed by atoms with Crippen LogP contribution in [0.5, 0.6) is 23.0 Å². The van der Waals surface area contributed by atoms with Gasteiger partial charge in [0, 0.05) is 5.56 Å². The van der Waals surface area contributed by atoms with E-state index in [-0.39, 0.29) is 0 Å². The van der Waals surface area contributed by atoms with E-state index in [1.54, 1.807) is 0 Å². The first-order valence-electron chi connectivity index (χ1n) is 13.9. The molecule has 0 aromatic heterocycles. The second-order valence-corrected chi connectivity index (χ2v) is 10.5. The Bertz CT molecular complexity index is 1880. The highest BCUT2D eigenvalue weighted by atomic mass is 16.6. The fourth-order valence-corrected chi connectivity index (χ4v) is 6.43. The summed E-state index contributed by atoms with van der Waals surface area (Å²) in [5, 5.41) is 0. The summed E-state index contributed by atoms with van der Waals surface area (Å²) >= 11 is 0. The van der Waals surface area contributed by atoms with Crippen molar-refractivity contribution in [1.29, 1.82) is 0 Å². The lowest BCUT2D eigenvalue weighted by molar-refractivity contribution is 0.360. The van der Waals surface area contributed by atoms with Crippen molar-refractivity contribution in [2.75, 3.05) is 0 Å². The lowest BCUT2D eigenvalue weighted by Gasteiger charge is -2.34. The molecule has 41 heavy (non-hydrogen) atoms. The maximum Gasteiger partial charge on any atom is 0.178 e. The number of rotatable bonds is 4. The molecular weight excluding hydrogens is 500 g/mol. The Hall–Kier alpha value is -5.34. The monoisotopic (exact) mass is 526 g/mol. The van der Waals surface area contributed by atoms with Crippen LogP contribution in [0.25, 0.3) is 23.3 Å². The van der Waals surface area contributed by atoms with Crippen molar-refractivity contribution in [3.05, 3.63) is 179 Å². The van der Waals surface area contributed by atoms with Gasteiger partial charge in [-0.2, -0.15) is 0 Å². The van der Waals surface area contributed by atoms with Crippen LogP contribution in [-0.2, 0) is 5.41 Å². The molecule has 2 nitrogen and oxygen atoms in total. The standard InChI is InChI=1S/C39H26O2/c1-4-12-27(13-5-1)20-21-28-22-23-31-33(26-28)39(29-14-6-2-7-15-29,30-16-8-3-9-17-30)32-24-25-36-38(37(31)32)41-35-19-11-10-18-34(35)40-36/h1-26H. The third-order valence-electron chi connectivity index (χ3n) is 8.21. The van der Waals surface area contributed by atoms with Crippen LogP contribution in [0, 0.1) is 0 Å². The third kappa shape index (κ3) is 3.65. The van der Waals surface area contributed by atoms with E-state index in [0.29, 0.717) is 0 Å². The maximum absolute atomic E-state index is 6.64. The summed E-state index contributed by atoms with van der Waals surface area (Å²) in [6.07, 6.45) is 4.37. The third-order valence-corrected chi connectivity index (χ3v) is 8.21. The molecule has 194 valence electrons. The number of ether oxygens (including phenoxy) is 2. The maximum atomic E-state index is 6.64. The van der Waals surface area contributed by atoms with Crippen molar-refractivity contribution >= 4 is 12.2 Å². The van der Waals surface area contributed by atoms with Crippen molar-refractivity contribution in [3.63, 3.8) is 0 Å². The first-order valence-corrected chi connectivity index (χ1v) is 13.9. The average Bonchev–Trinajstić information content (AvgIpc) is 3.35. The fraction of sp³-hybridized carbons (Fsp3) is 0.0256. The van der Waals surface area contributed by atoms with Crippen LogP contribution in [0.1, 0.15) is 33.4 Å². The Balaban J connectivity index is 1.42. The van der Waals surface area contributed by atoms with Crippen LogP contribution in [0.4, 0.5) is 0 Å². The van der Waals surface area contributed by atoms with E-state index in [1.807, 2.05) is 30.3 Å². The van der Waals surface area contributed by atoms with Gasteiger partial charge in [0.2, 0.25) is 0 Å². The van der Waals surface area contributed by atoms with Gasteiger partial charge < -0.3 is 9.47 Å². The zero-order chi connectivity index (χ0) is 27.2. The van der Waals surface area contributed by atoms with Crippen LogP contribution in [0.15, 0.2) is 146 Å². The molecule has 0 bridgehead atoms. The molecule has 2 aliphatic rings. The van der Waals surface area contributed by atoms with E-state index in [1.165, 1.54) is 27.8 Å². The van der Waals surface area contributed by atoms with E-state index in [9.17, 15) is 0 Å². The number of para-hydroxylation sites is 2. The summed E-state index contributed by atoms with van der Waals surface area (Å²) in [4.78, 5) is 0. The van der Waals surface area contributed by atoms with Gasteiger partial charge in [0.15, 0.2) is 23.0 Å². The van der Waals surface area contributed by atoms with Gasteiger partial charge in [-0.25, -0.2) is 0 Å². The summed E-state index contributed by atoms with van der Waals surface area (Å²) in [5.74, 6) is 2.97. The number of hydrogen-bond donors (Lipinski definition) is 0. The predicted octanol–water partition coefficient (Wildman–Crippen LogP) is 10.1. The lowest BCUT2D eigenvalue weighted by atomic mass is 9.67. The fourth-order valence-electron chi connectivity index (χ4n) is 6.43. The number of hydrogen-bond acceptors (Lipinski definition) is 2. The normalized spacial score (nSPS) is 13.9. The van der Waals surface area contributed by atoms with Crippen LogP contribution < -0.4 is 9.47 Å². The molecule has 1 aliphatic carbocycles. The first kappa shape index (κ1) is 23.5. The summed E-state index contributed by atoms with van der Waals surface area (Å²) in [7, 11) is 0. The molecule has 0 unspecified atom stereocenters. The van der Waals surface area contributed by atoms with Crippen molar-refractivity contribution in [1.82, 2.24) is 0 Å². The summed E-state index contributed by atoms with van der Waals surface area (Å²) in [6, 6.07) is 51.0. The van der Waals surface area contributed by atoms with Crippen LogP contribution in [0.3, 0.4) is 0 Å². The van der Waals surface area contributed by atoms with E-state index in [4.69, 9.17) is 9.47 Å². The predicted molar refractivity (Wildman–Crippen MR) is 166 cm³/mol. The largest absolute Gasteiger partial charge is 0.449 e. The quantitative estimate of drug-likeness (QED) is 0.212. The lowest BCUT2D eigenvalue weighted by Crippen LogP contribution is -2.28. The summed E-state index contributed by atoms with van der Waals surface area (Å²) in [5.41, 5.74) is 8.88. The van der Waals surface area contributed by atoms with Gasteiger partial charge in [-0.15, -0.1) is 0 Å². The highest BCUT2D eigenvalue weighted by Gasteiger charge is 2.48. The molecule has 6 aromatic rings. The van der Waals surface area contributed by atoms with Gasteiger partial charge in [-0.05, 0) is 63.2 Å². The Labute approximate surface area is 239 Å². The molecule has 8 rings (SSSR count). The highest BCUT2D eigenvalue weighted by molar-refractivity contribution is 5.92. The molecular formula is C39H26O2. The Morgan fingerprint density at radius 3 is 1.71 bits per heavy atom. The Morgan fingerprint density at radius 2 is 1.02 bits per heavy atom. The minimum atomic E-state index is -0.529. The minimum Gasteiger partial charge on any atom is -0.449 e. The van der Waals surface area contributed by atoms with Gasteiger partial charge in [0.1, 0.15) is 0 Å². The van der Waals surface area contributed by atoms with Crippen molar-refractivity contribution in [2.24, 2.45) is 0 Å². The van der Waals surface area contributed by atoms with Gasteiger partial charge >= 0.3 is 0 Å². The molecule has 1 heterocycles. The van der Waals surface area contributed by atoms with Crippen LogP contribution in [-0.4, -0.2) is 0 Å². The van der Waals surface area contributed by atoms with Gasteiger partial charge in [-0.1, -0.05) is 133 Å². The van der Waals surface area contributed by atoms with Gasteiger partial charge in [-0.3, -0.25) is 0 Å². The molecule has 0 amide bonds. The van der Waals surface area contributed by atoms with E-state index >= 15 is 0 Å². The SMILES string of the molecule is C(=Cc1ccc2c(c1)C(c1ccccc1)(c1ccccc1)c1ccc3c(c1-2)Oc1ccccc1O3)c1ccccc1. The van der Waals surface area contributed by atoms with Gasteiger partial charge in [0.05, 0.1) is 5.41 Å². The molecule has 0 spiro atoms. The average molecular weight is 527 g/mol. The summed E-state index contributed by atoms with van der Waals surface area (Å²) < 4.78 is 13.0. The number of fused-ring (bicyclic) bond motifs is 6. The molecule has 0 N–H and O–H groups in total. The second kappa shape index (κ2) is 9.39. The molecule has 0 saturated heterocycles. The van der Waals surface area contributed by atoms with Crippen molar-refractivity contribution in [2.45, 2.75) is 5.41 Å². The van der Waals surface area contributed by atoms with E-state index in [0.717, 1.165) is 39.7 Å². The van der Waals surface area contributed by atoms with Gasteiger partial charge in [0.25, 0.3) is 0 Å². The highest BCUT2D eigenvalue weighted by Crippen LogP contribution is 2.62. The molecule has 6 aromatic carbocycles. The molecule has 0 radical (unpaired) electrons. The smallest absolute Gasteiger partial charge is 0.178 e. The summed E-state index contributed by atoms with van der Waals surface area (Å²) in [6.45, 7) is 0. The molecule has 1 aliphatic heterocycles. The topological polar surface area (TPSA) is 18.5 Å². The van der Waals surface area contributed by atoms with Crippen molar-refractivity contribution in [3.8, 4) is 34.1 Å². The zero-order valence-electron chi connectivity index (χ0n) is 22.3. The molecule has 2 heteroatoms. The minimum absolute atomic E-state index is 0.529.